The molecule has 27 heavy (non-hydrogen) atoms. The predicted octanol–water partition coefficient (Wildman–Crippen LogP) is 2.76. The molecular weight excluding hydrogens is 334 g/mol. The maximum Gasteiger partial charge on any atom is 0.0947 e. The smallest absolute Gasteiger partial charge is 0.0947 e. The molecule has 0 bridgehead atoms. The fourth-order valence-corrected chi connectivity index (χ4v) is 3.89. The lowest BCUT2D eigenvalue weighted by molar-refractivity contribution is 0.106. The van der Waals surface area contributed by atoms with Crippen LogP contribution in [0.3, 0.4) is 0 Å². The molecule has 1 aromatic carbocycles. The monoisotopic (exact) mass is 361 g/mol. The minimum absolute atomic E-state index is 0.162. The number of piperazine rings is 1. The summed E-state index contributed by atoms with van der Waals surface area (Å²) in [4.78, 5) is 9.76. The van der Waals surface area contributed by atoms with Gasteiger partial charge < -0.3 is 4.90 Å². The second kappa shape index (κ2) is 8.46. The van der Waals surface area contributed by atoms with Crippen LogP contribution >= 0.6 is 0 Å². The van der Waals surface area contributed by atoms with Gasteiger partial charge in [0.05, 0.1) is 17.4 Å². The Morgan fingerprint density at radius 2 is 1.67 bits per heavy atom. The van der Waals surface area contributed by atoms with Gasteiger partial charge in [0, 0.05) is 52.2 Å². The summed E-state index contributed by atoms with van der Waals surface area (Å²) in [5, 5.41) is 4.39. The van der Waals surface area contributed by atoms with Crippen LogP contribution in [0.15, 0.2) is 67.0 Å². The van der Waals surface area contributed by atoms with Crippen LogP contribution in [0.25, 0.3) is 0 Å². The van der Waals surface area contributed by atoms with E-state index in [-0.39, 0.29) is 6.04 Å². The van der Waals surface area contributed by atoms with Crippen LogP contribution in [0.2, 0.25) is 0 Å². The van der Waals surface area contributed by atoms with Gasteiger partial charge in [0.25, 0.3) is 0 Å². The van der Waals surface area contributed by atoms with Crippen molar-refractivity contribution in [1.29, 1.82) is 0 Å². The number of hydrogen-bond donors (Lipinski definition) is 0. The third kappa shape index (κ3) is 4.26. The molecular formula is C22H27N5. The number of pyridine rings is 1. The van der Waals surface area contributed by atoms with Gasteiger partial charge in [-0.2, -0.15) is 5.10 Å². The molecule has 2 aromatic heterocycles. The highest BCUT2D eigenvalue weighted by Crippen LogP contribution is 2.27. The zero-order valence-electron chi connectivity index (χ0n) is 15.9. The van der Waals surface area contributed by atoms with E-state index in [1.165, 1.54) is 11.3 Å². The summed E-state index contributed by atoms with van der Waals surface area (Å²) in [5.74, 6) is 0. The molecule has 0 amide bonds. The van der Waals surface area contributed by atoms with E-state index in [0.29, 0.717) is 0 Å². The van der Waals surface area contributed by atoms with E-state index in [4.69, 9.17) is 0 Å². The summed E-state index contributed by atoms with van der Waals surface area (Å²) in [6.45, 7) is 5.39. The largest absolute Gasteiger partial charge is 0.300 e. The van der Waals surface area contributed by atoms with E-state index in [9.17, 15) is 0 Å². The fourth-order valence-electron chi connectivity index (χ4n) is 3.89. The van der Waals surface area contributed by atoms with Crippen LogP contribution in [0, 0.1) is 0 Å². The van der Waals surface area contributed by atoms with Gasteiger partial charge in [0.1, 0.15) is 0 Å². The average Bonchev–Trinajstić information content (AvgIpc) is 3.15. The van der Waals surface area contributed by atoms with Crippen LogP contribution in [-0.4, -0.2) is 57.3 Å². The normalized spacial score (nSPS) is 17.1. The second-order valence-electron chi connectivity index (χ2n) is 7.15. The number of aromatic nitrogens is 3. The van der Waals surface area contributed by atoms with Crippen molar-refractivity contribution in [2.24, 2.45) is 7.05 Å². The van der Waals surface area contributed by atoms with Crippen molar-refractivity contribution in [3.05, 3.63) is 83.9 Å². The molecule has 3 heterocycles. The highest BCUT2D eigenvalue weighted by molar-refractivity contribution is 5.22. The number of rotatable bonds is 6. The van der Waals surface area contributed by atoms with Gasteiger partial charge in [-0.3, -0.25) is 14.6 Å². The summed E-state index contributed by atoms with van der Waals surface area (Å²) in [7, 11) is 2.02. The molecule has 1 fully saturated rings. The molecule has 1 atom stereocenters. The van der Waals surface area contributed by atoms with Crippen molar-refractivity contribution >= 4 is 0 Å². The molecule has 5 heteroatoms. The molecule has 0 radical (unpaired) electrons. The van der Waals surface area contributed by atoms with E-state index >= 15 is 0 Å². The highest BCUT2D eigenvalue weighted by atomic mass is 15.3. The van der Waals surface area contributed by atoms with Crippen LogP contribution in [0.1, 0.15) is 23.0 Å². The molecule has 1 saturated heterocycles. The van der Waals surface area contributed by atoms with Crippen LogP contribution < -0.4 is 0 Å². The number of benzene rings is 1. The summed E-state index contributed by atoms with van der Waals surface area (Å²) in [5.41, 5.74) is 3.71. The quantitative estimate of drug-likeness (QED) is 0.677. The van der Waals surface area contributed by atoms with Gasteiger partial charge in [-0.05, 0) is 30.2 Å². The van der Waals surface area contributed by atoms with E-state index in [2.05, 4.69) is 68.4 Å². The first kappa shape index (κ1) is 17.9. The van der Waals surface area contributed by atoms with E-state index in [1.807, 2.05) is 30.2 Å². The third-order valence-electron chi connectivity index (χ3n) is 5.44. The Morgan fingerprint density at radius 1 is 0.889 bits per heavy atom. The zero-order chi connectivity index (χ0) is 18.5. The van der Waals surface area contributed by atoms with Gasteiger partial charge >= 0.3 is 0 Å². The minimum Gasteiger partial charge on any atom is -0.300 e. The molecule has 1 aliphatic rings. The third-order valence-corrected chi connectivity index (χ3v) is 5.44. The number of nitrogens with zero attached hydrogens (tertiary/aromatic N) is 5. The van der Waals surface area contributed by atoms with E-state index in [1.54, 1.807) is 0 Å². The van der Waals surface area contributed by atoms with Crippen molar-refractivity contribution in [3.8, 4) is 0 Å². The molecule has 0 aliphatic carbocycles. The topological polar surface area (TPSA) is 37.2 Å². The maximum atomic E-state index is 4.65. The molecule has 1 aliphatic heterocycles. The molecule has 4 rings (SSSR count). The van der Waals surface area contributed by atoms with Gasteiger partial charge in [0.2, 0.25) is 0 Å². The van der Waals surface area contributed by atoms with Crippen LogP contribution in [0.5, 0.6) is 0 Å². The number of aryl methyl sites for hydroxylation is 1. The van der Waals surface area contributed by atoms with Gasteiger partial charge in [-0.15, -0.1) is 0 Å². The molecule has 1 unspecified atom stereocenters. The first-order valence-corrected chi connectivity index (χ1v) is 9.70. The molecule has 3 aromatic rings. The molecule has 140 valence electrons. The molecule has 5 nitrogen and oxygen atoms in total. The van der Waals surface area contributed by atoms with Gasteiger partial charge in [-0.25, -0.2) is 0 Å². The first-order valence-electron chi connectivity index (χ1n) is 9.70. The van der Waals surface area contributed by atoms with E-state index < -0.39 is 0 Å². The number of hydrogen-bond acceptors (Lipinski definition) is 4. The van der Waals surface area contributed by atoms with Crippen molar-refractivity contribution < 1.29 is 0 Å². The Kier molecular flexibility index (Phi) is 5.61. The average molecular weight is 361 g/mol. The van der Waals surface area contributed by atoms with Crippen molar-refractivity contribution in [2.45, 2.75) is 12.5 Å². The first-order chi connectivity index (χ1) is 13.3. The zero-order valence-corrected chi connectivity index (χ0v) is 15.9. The van der Waals surface area contributed by atoms with Crippen molar-refractivity contribution in [3.63, 3.8) is 0 Å². The lowest BCUT2D eigenvalue weighted by Gasteiger charge is -2.39. The molecule has 0 N–H and O–H groups in total. The summed E-state index contributed by atoms with van der Waals surface area (Å²) in [6, 6.07) is 19.2. The Morgan fingerprint density at radius 3 is 2.33 bits per heavy atom. The molecule has 0 spiro atoms. The highest BCUT2D eigenvalue weighted by Gasteiger charge is 2.28. The van der Waals surface area contributed by atoms with Gasteiger partial charge in [-0.1, -0.05) is 36.4 Å². The van der Waals surface area contributed by atoms with Crippen LogP contribution in [0.4, 0.5) is 0 Å². The summed E-state index contributed by atoms with van der Waals surface area (Å²) < 4.78 is 1.97. The van der Waals surface area contributed by atoms with Crippen molar-refractivity contribution in [2.75, 3.05) is 32.7 Å². The lowest BCUT2D eigenvalue weighted by Crippen LogP contribution is -2.48. The Hall–Kier alpha value is -2.50. The Balaban J connectivity index is 1.42. The van der Waals surface area contributed by atoms with Crippen molar-refractivity contribution in [1.82, 2.24) is 24.6 Å². The fraction of sp³-hybridized carbons (Fsp3) is 0.364. The SMILES string of the molecule is Cn1nccc1C(c1ccccn1)N1CCN(CCc2ccccc2)CC1. The maximum absolute atomic E-state index is 4.65. The molecule has 0 saturated carbocycles. The standard InChI is InChI=1S/C22H27N5/c1-25-21(10-13-24-25)22(20-9-5-6-12-23-20)27-17-15-26(16-18-27)14-11-19-7-3-2-4-8-19/h2-10,12-13,22H,11,14-18H2,1H3. The van der Waals surface area contributed by atoms with E-state index in [0.717, 1.165) is 44.8 Å². The summed E-state index contributed by atoms with van der Waals surface area (Å²) >= 11 is 0. The van der Waals surface area contributed by atoms with Crippen LogP contribution in [-0.2, 0) is 13.5 Å². The lowest BCUT2D eigenvalue weighted by atomic mass is 10.1. The predicted molar refractivity (Wildman–Crippen MR) is 107 cm³/mol. The summed E-state index contributed by atoms with van der Waals surface area (Å²) in [6.07, 6.45) is 4.88. The second-order valence-corrected chi connectivity index (χ2v) is 7.15. The Bertz CT molecular complexity index is 822. The Labute approximate surface area is 161 Å². The van der Waals surface area contributed by atoms with Gasteiger partial charge in [0.15, 0.2) is 0 Å². The minimum atomic E-state index is 0.162.